The van der Waals surface area contributed by atoms with E-state index in [2.05, 4.69) is 22.1 Å². The Morgan fingerprint density at radius 3 is 2.47 bits per heavy atom. The standard InChI is InChI=1S/C11H19N3O/c1-8(12-2)11(14(3)4)9-5-6-10(15)13-7-9/h5-8,11-12H,1-4H3,(H,13,15)/t8-,11+/m0/s1. The van der Waals surface area contributed by atoms with Crippen molar-refractivity contribution in [2.24, 2.45) is 0 Å². The van der Waals surface area contributed by atoms with Crippen LogP contribution >= 0.6 is 0 Å². The molecule has 1 rings (SSSR count). The fourth-order valence-electron chi connectivity index (χ4n) is 1.80. The van der Waals surface area contributed by atoms with Crippen LogP contribution in [0.2, 0.25) is 0 Å². The summed E-state index contributed by atoms with van der Waals surface area (Å²) in [5, 5.41) is 3.23. The fourth-order valence-corrected chi connectivity index (χ4v) is 1.80. The van der Waals surface area contributed by atoms with Crippen LogP contribution in [-0.2, 0) is 0 Å². The molecule has 2 N–H and O–H groups in total. The van der Waals surface area contributed by atoms with Crippen LogP contribution in [0, 0.1) is 0 Å². The molecule has 0 bridgehead atoms. The highest BCUT2D eigenvalue weighted by molar-refractivity contribution is 5.15. The highest BCUT2D eigenvalue weighted by Gasteiger charge is 2.19. The van der Waals surface area contributed by atoms with E-state index in [0.717, 1.165) is 5.56 Å². The molecule has 0 aliphatic carbocycles. The topological polar surface area (TPSA) is 48.1 Å². The lowest BCUT2D eigenvalue weighted by molar-refractivity contribution is 0.247. The Labute approximate surface area is 90.3 Å². The summed E-state index contributed by atoms with van der Waals surface area (Å²) >= 11 is 0. The molecule has 84 valence electrons. The first kappa shape index (κ1) is 11.9. The molecule has 0 saturated heterocycles. The average Bonchev–Trinajstić information content (AvgIpc) is 2.20. The highest BCUT2D eigenvalue weighted by atomic mass is 16.1. The molecule has 2 atom stereocenters. The SMILES string of the molecule is CN[C@@H](C)[C@H](c1ccc(=O)[nH]c1)N(C)C. The van der Waals surface area contributed by atoms with Gasteiger partial charge in [0.1, 0.15) is 0 Å². The Morgan fingerprint density at radius 1 is 1.40 bits per heavy atom. The van der Waals surface area contributed by atoms with Crippen LogP contribution in [-0.4, -0.2) is 37.1 Å². The second-order valence-electron chi connectivity index (χ2n) is 3.97. The lowest BCUT2D eigenvalue weighted by Crippen LogP contribution is -2.37. The van der Waals surface area contributed by atoms with Gasteiger partial charge in [0, 0.05) is 18.3 Å². The number of H-pyrrole nitrogens is 1. The number of likely N-dealkylation sites (N-methyl/N-ethyl adjacent to an activating group) is 2. The van der Waals surface area contributed by atoms with Crippen molar-refractivity contribution in [1.82, 2.24) is 15.2 Å². The molecule has 0 fully saturated rings. The zero-order valence-electron chi connectivity index (χ0n) is 9.74. The summed E-state index contributed by atoms with van der Waals surface area (Å²) in [5.41, 5.74) is 1.05. The van der Waals surface area contributed by atoms with Gasteiger partial charge in [-0.2, -0.15) is 0 Å². The van der Waals surface area contributed by atoms with Crippen LogP contribution < -0.4 is 10.9 Å². The fraction of sp³-hybridized carbons (Fsp3) is 0.545. The van der Waals surface area contributed by atoms with E-state index in [0.29, 0.717) is 6.04 Å². The molecular formula is C11H19N3O. The number of pyridine rings is 1. The van der Waals surface area contributed by atoms with Crippen molar-refractivity contribution >= 4 is 0 Å². The molecule has 1 aromatic rings. The molecule has 1 aromatic heterocycles. The maximum atomic E-state index is 11.0. The highest BCUT2D eigenvalue weighted by Crippen LogP contribution is 2.19. The van der Waals surface area contributed by atoms with Gasteiger partial charge in [0.05, 0.1) is 6.04 Å². The van der Waals surface area contributed by atoms with Gasteiger partial charge in [-0.25, -0.2) is 0 Å². The van der Waals surface area contributed by atoms with E-state index in [1.807, 2.05) is 27.2 Å². The summed E-state index contributed by atoms with van der Waals surface area (Å²) in [6.07, 6.45) is 1.78. The maximum absolute atomic E-state index is 11.0. The summed E-state index contributed by atoms with van der Waals surface area (Å²) in [6.45, 7) is 2.12. The first-order valence-corrected chi connectivity index (χ1v) is 5.08. The zero-order chi connectivity index (χ0) is 11.4. The normalized spacial score (nSPS) is 15.3. The predicted molar refractivity (Wildman–Crippen MR) is 62.0 cm³/mol. The van der Waals surface area contributed by atoms with Crippen molar-refractivity contribution in [2.45, 2.75) is 19.0 Å². The Kier molecular flexibility index (Phi) is 4.05. The largest absolute Gasteiger partial charge is 0.329 e. The minimum Gasteiger partial charge on any atom is -0.329 e. The number of rotatable bonds is 4. The van der Waals surface area contributed by atoms with Crippen molar-refractivity contribution in [3.63, 3.8) is 0 Å². The summed E-state index contributed by atoms with van der Waals surface area (Å²) in [5.74, 6) is 0. The van der Waals surface area contributed by atoms with Crippen LogP contribution in [0.15, 0.2) is 23.1 Å². The molecule has 1 heterocycles. The Bertz CT molecular complexity index is 339. The average molecular weight is 209 g/mol. The van der Waals surface area contributed by atoms with Crippen molar-refractivity contribution in [2.75, 3.05) is 21.1 Å². The van der Waals surface area contributed by atoms with E-state index < -0.39 is 0 Å². The van der Waals surface area contributed by atoms with E-state index >= 15 is 0 Å². The minimum atomic E-state index is -0.0617. The van der Waals surface area contributed by atoms with Crippen LogP contribution in [0.3, 0.4) is 0 Å². The monoisotopic (exact) mass is 209 g/mol. The van der Waals surface area contributed by atoms with Crippen molar-refractivity contribution in [3.8, 4) is 0 Å². The summed E-state index contributed by atoms with van der Waals surface area (Å²) < 4.78 is 0. The van der Waals surface area contributed by atoms with Crippen molar-refractivity contribution < 1.29 is 0 Å². The molecule has 0 aromatic carbocycles. The zero-order valence-corrected chi connectivity index (χ0v) is 9.74. The van der Waals surface area contributed by atoms with E-state index in [4.69, 9.17) is 0 Å². The van der Waals surface area contributed by atoms with E-state index in [1.54, 1.807) is 12.3 Å². The number of hydrogen-bond acceptors (Lipinski definition) is 3. The van der Waals surface area contributed by atoms with Gasteiger partial charge in [-0.3, -0.25) is 4.79 Å². The first-order valence-electron chi connectivity index (χ1n) is 5.08. The van der Waals surface area contributed by atoms with Crippen molar-refractivity contribution in [3.05, 3.63) is 34.2 Å². The maximum Gasteiger partial charge on any atom is 0.247 e. The lowest BCUT2D eigenvalue weighted by atomic mass is 10.0. The van der Waals surface area contributed by atoms with Crippen molar-refractivity contribution in [1.29, 1.82) is 0 Å². The van der Waals surface area contributed by atoms with Gasteiger partial charge in [-0.1, -0.05) is 6.07 Å². The van der Waals surface area contributed by atoms with E-state index in [-0.39, 0.29) is 11.6 Å². The molecule has 0 spiro atoms. The molecule has 4 heteroatoms. The molecular weight excluding hydrogens is 190 g/mol. The van der Waals surface area contributed by atoms with Gasteiger partial charge in [-0.15, -0.1) is 0 Å². The van der Waals surface area contributed by atoms with Gasteiger partial charge in [0.25, 0.3) is 0 Å². The number of hydrogen-bond donors (Lipinski definition) is 2. The smallest absolute Gasteiger partial charge is 0.247 e. The number of aromatic amines is 1. The third-order valence-corrected chi connectivity index (χ3v) is 2.64. The number of nitrogens with one attached hydrogen (secondary N) is 2. The van der Waals surface area contributed by atoms with Gasteiger partial charge < -0.3 is 15.2 Å². The van der Waals surface area contributed by atoms with E-state index in [1.165, 1.54) is 0 Å². The summed E-state index contributed by atoms with van der Waals surface area (Å²) in [6, 6.07) is 4.02. The molecule has 15 heavy (non-hydrogen) atoms. The first-order chi connectivity index (χ1) is 7.06. The number of aromatic nitrogens is 1. The van der Waals surface area contributed by atoms with Gasteiger partial charge in [0.15, 0.2) is 0 Å². The Morgan fingerprint density at radius 2 is 2.07 bits per heavy atom. The van der Waals surface area contributed by atoms with Crippen LogP contribution in [0.1, 0.15) is 18.5 Å². The second kappa shape index (κ2) is 5.09. The van der Waals surface area contributed by atoms with Crippen LogP contribution in [0.25, 0.3) is 0 Å². The molecule has 0 radical (unpaired) electrons. The van der Waals surface area contributed by atoms with E-state index in [9.17, 15) is 4.79 Å². The third kappa shape index (κ3) is 2.91. The molecule has 0 aliphatic rings. The Hall–Kier alpha value is -1.13. The van der Waals surface area contributed by atoms with Gasteiger partial charge in [0.2, 0.25) is 5.56 Å². The van der Waals surface area contributed by atoms with Gasteiger partial charge >= 0.3 is 0 Å². The minimum absolute atomic E-state index is 0.0617. The van der Waals surface area contributed by atoms with Crippen LogP contribution in [0.5, 0.6) is 0 Å². The lowest BCUT2D eigenvalue weighted by Gasteiger charge is -2.30. The molecule has 0 unspecified atom stereocenters. The Balaban J connectivity index is 2.99. The molecule has 0 saturated carbocycles. The molecule has 4 nitrogen and oxygen atoms in total. The van der Waals surface area contributed by atoms with Gasteiger partial charge in [-0.05, 0) is 33.6 Å². The molecule has 0 aliphatic heterocycles. The predicted octanol–water partition coefficient (Wildman–Crippen LogP) is 0.585. The summed E-state index contributed by atoms with van der Waals surface area (Å²) in [4.78, 5) is 15.8. The summed E-state index contributed by atoms with van der Waals surface area (Å²) in [7, 11) is 6.00. The van der Waals surface area contributed by atoms with Crippen LogP contribution in [0.4, 0.5) is 0 Å². The molecule has 0 amide bonds. The number of nitrogens with zero attached hydrogens (tertiary/aromatic N) is 1. The second-order valence-corrected chi connectivity index (χ2v) is 3.97. The third-order valence-electron chi connectivity index (χ3n) is 2.64. The quantitative estimate of drug-likeness (QED) is 0.763.